The van der Waals surface area contributed by atoms with Gasteiger partial charge in [-0.05, 0) is 36.5 Å². The highest BCUT2D eigenvalue weighted by atomic mass is 32.2. The van der Waals surface area contributed by atoms with Gasteiger partial charge in [0.05, 0.1) is 11.0 Å². The van der Waals surface area contributed by atoms with Crippen molar-refractivity contribution in [3.8, 4) is 6.07 Å². The maximum Gasteiger partial charge on any atom is 0.259 e. The first-order chi connectivity index (χ1) is 14.1. The van der Waals surface area contributed by atoms with E-state index in [4.69, 9.17) is 5.26 Å². The molecule has 8 nitrogen and oxygen atoms in total. The maximum atomic E-state index is 13.1. The van der Waals surface area contributed by atoms with Gasteiger partial charge in [-0.25, -0.2) is 8.42 Å². The Balaban J connectivity index is 2.00. The van der Waals surface area contributed by atoms with Gasteiger partial charge in [-0.2, -0.15) is 9.57 Å². The second-order valence-corrected chi connectivity index (χ2v) is 10.2. The van der Waals surface area contributed by atoms with E-state index in [2.05, 4.69) is 18.8 Å². The minimum atomic E-state index is -3.85. The van der Waals surface area contributed by atoms with E-state index < -0.39 is 15.5 Å². The van der Waals surface area contributed by atoms with E-state index in [0.717, 1.165) is 10.7 Å². The SMILES string of the molecule is C[C@H]1C[C@H](C)CN(C(=O)c2c[nH]c3ccc(S(=O)(=O)N(C)CCC#N)cc3c2=O)C1. The summed E-state index contributed by atoms with van der Waals surface area (Å²) in [4.78, 5) is 30.7. The Hall–Kier alpha value is -2.70. The van der Waals surface area contributed by atoms with Gasteiger partial charge in [0.2, 0.25) is 15.5 Å². The van der Waals surface area contributed by atoms with Gasteiger partial charge >= 0.3 is 0 Å². The molecule has 1 amide bonds. The average Bonchev–Trinajstić information content (AvgIpc) is 2.70. The Kier molecular flexibility index (Phi) is 6.29. The van der Waals surface area contributed by atoms with E-state index in [1.165, 1.54) is 31.4 Å². The van der Waals surface area contributed by atoms with Crippen LogP contribution in [0.3, 0.4) is 0 Å². The van der Waals surface area contributed by atoms with E-state index in [1.807, 2.05) is 6.07 Å². The van der Waals surface area contributed by atoms with Crippen molar-refractivity contribution in [1.29, 1.82) is 5.26 Å². The highest BCUT2D eigenvalue weighted by Gasteiger charge is 2.28. The number of amides is 1. The van der Waals surface area contributed by atoms with Crippen LogP contribution in [0.25, 0.3) is 10.9 Å². The molecule has 0 spiro atoms. The third-order valence-corrected chi connectivity index (χ3v) is 7.34. The molecule has 30 heavy (non-hydrogen) atoms. The number of H-pyrrole nitrogens is 1. The number of nitriles is 1. The standard InChI is InChI=1S/C21H26N4O4S/c1-14-9-15(2)13-25(12-14)21(27)18-11-23-19-6-5-16(10-17(19)20(18)26)30(28,29)24(3)8-4-7-22/h5-6,10-11,14-15H,4,8-9,12-13H2,1-3H3,(H,23,26)/t14-,15-/m0/s1. The van der Waals surface area contributed by atoms with E-state index in [-0.39, 0.29) is 34.7 Å². The van der Waals surface area contributed by atoms with Crippen LogP contribution in [0.4, 0.5) is 0 Å². The zero-order valence-electron chi connectivity index (χ0n) is 17.4. The lowest BCUT2D eigenvalue weighted by Gasteiger charge is -2.34. The molecule has 1 aromatic heterocycles. The molecule has 1 aliphatic heterocycles. The van der Waals surface area contributed by atoms with Crippen LogP contribution in [0.1, 0.15) is 37.0 Å². The number of benzene rings is 1. The van der Waals surface area contributed by atoms with Crippen molar-refractivity contribution < 1.29 is 13.2 Å². The minimum Gasteiger partial charge on any atom is -0.360 e. The molecule has 0 aliphatic carbocycles. The van der Waals surface area contributed by atoms with Gasteiger partial charge in [0, 0.05) is 50.2 Å². The third kappa shape index (κ3) is 4.25. The molecule has 1 fully saturated rings. The van der Waals surface area contributed by atoms with Crippen molar-refractivity contribution in [3.63, 3.8) is 0 Å². The monoisotopic (exact) mass is 430 g/mol. The normalized spacial score (nSPS) is 19.8. The fourth-order valence-corrected chi connectivity index (χ4v) is 5.22. The number of aromatic amines is 1. The topological polar surface area (TPSA) is 114 Å². The number of carbonyl (C=O) groups excluding carboxylic acids is 1. The molecule has 0 saturated carbocycles. The number of piperidine rings is 1. The van der Waals surface area contributed by atoms with E-state index >= 15 is 0 Å². The number of rotatable bonds is 5. The lowest BCUT2D eigenvalue weighted by molar-refractivity contribution is 0.0621. The van der Waals surface area contributed by atoms with E-state index in [1.54, 1.807) is 4.90 Å². The number of carbonyl (C=O) groups is 1. The number of sulfonamides is 1. The summed E-state index contributed by atoms with van der Waals surface area (Å²) in [6, 6.07) is 6.13. The third-order valence-electron chi connectivity index (χ3n) is 5.49. The summed E-state index contributed by atoms with van der Waals surface area (Å²) >= 11 is 0. The molecule has 9 heteroatoms. The van der Waals surface area contributed by atoms with Crippen LogP contribution >= 0.6 is 0 Å². The van der Waals surface area contributed by atoms with Crippen LogP contribution in [-0.2, 0) is 10.0 Å². The molecule has 2 aromatic rings. The number of fused-ring (bicyclic) bond motifs is 1. The smallest absolute Gasteiger partial charge is 0.259 e. The number of aromatic nitrogens is 1. The molecule has 0 unspecified atom stereocenters. The van der Waals surface area contributed by atoms with Crippen LogP contribution in [0.15, 0.2) is 34.1 Å². The average molecular weight is 431 g/mol. The zero-order valence-corrected chi connectivity index (χ0v) is 18.2. The zero-order chi connectivity index (χ0) is 22.1. The molecule has 0 bridgehead atoms. The quantitative estimate of drug-likeness (QED) is 0.781. The Bertz CT molecular complexity index is 1160. The summed E-state index contributed by atoms with van der Waals surface area (Å²) in [6.07, 6.45) is 2.51. The number of pyridine rings is 1. The molecular formula is C21H26N4O4S. The highest BCUT2D eigenvalue weighted by Crippen LogP contribution is 2.23. The predicted molar refractivity (Wildman–Crippen MR) is 113 cm³/mol. The predicted octanol–water partition coefficient (Wildman–Crippen LogP) is 2.18. The van der Waals surface area contributed by atoms with Gasteiger partial charge < -0.3 is 9.88 Å². The van der Waals surface area contributed by atoms with Crippen molar-refractivity contribution >= 4 is 26.8 Å². The summed E-state index contributed by atoms with van der Waals surface area (Å²) in [5, 5.41) is 8.85. The molecule has 3 rings (SSSR count). The first kappa shape index (κ1) is 22.0. The second kappa shape index (κ2) is 8.58. The van der Waals surface area contributed by atoms with Gasteiger partial charge in [-0.15, -0.1) is 0 Å². The van der Waals surface area contributed by atoms with Crippen LogP contribution in [0.2, 0.25) is 0 Å². The summed E-state index contributed by atoms with van der Waals surface area (Å²) in [7, 11) is -2.46. The van der Waals surface area contributed by atoms with Crippen molar-refractivity contribution in [2.75, 3.05) is 26.7 Å². The number of hydrogen-bond donors (Lipinski definition) is 1. The first-order valence-electron chi connectivity index (χ1n) is 9.93. The molecule has 1 saturated heterocycles. The van der Waals surface area contributed by atoms with Crippen molar-refractivity contribution in [1.82, 2.24) is 14.2 Å². The Labute approximate surface area is 176 Å². The molecule has 2 heterocycles. The molecule has 1 N–H and O–H groups in total. The van der Waals surface area contributed by atoms with Gasteiger partial charge in [-0.1, -0.05) is 13.8 Å². The fraction of sp³-hybridized carbons (Fsp3) is 0.476. The molecule has 1 aromatic carbocycles. The summed E-state index contributed by atoms with van der Waals surface area (Å²) in [5.41, 5.74) is -0.0249. The van der Waals surface area contributed by atoms with Gasteiger partial charge in [0.15, 0.2) is 0 Å². The van der Waals surface area contributed by atoms with Gasteiger partial charge in [-0.3, -0.25) is 9.59 Å². The Morgan fingerprint density at radius 2 is 1.97 bits per heavy atom. The van der Waals surface area contributed by atoms with Crippen molar-refractivity contribution in [2.24, 2.45) is 11.8 Å². The number of nitrogens with one attached hydrogen (secondary N) is 1. The lowest BCUT2D eigenvalue weighted by atomic mass is 9.91. The Morgan fingerprint density at radius 3 is 2.60 bits per heavy atom. The van der Waals surface area contributed by atoms with E-state index in [0.29, 0.717) is 30.4 Å². The second-order valence-electron chi connectivity index (χ2n) is 8.13. The van der Waals surface area contributed by atoms with Crippen molar-refractivity contribution in [2.45, 2.75) is 31.6 Å². The first-order valence-corrected chi connectivity index (χ1v) is 11.4. The molecule has 0 radical (unpaired) electrons. The van der Waals surface area contributed by atoms with E-state index in [9.17, 15) is 18.0 Å². The summed E-state index contributed by atoms with van der Waals surface area (Å²) in [6.45, 7) is 5.41. The van der Waals surface area contributed by atoms with Crippen LogP contribution in [0.5, 0.6) is 0 Å². The minimum absolute atomic E-state index is 0.0104. The molecule has 160 valence electrons. The van der Waals surface area contributed by atoms with Crippen LogP contribution in [-0.4, -0.2) is 55.2 Å². The van der Waals surface area contributed by atoms with Gasteiger partial charge in [0.25, 0.3) is 5.91 Å². The Morgan fingerprint density at radius 1 is 1.30 bits per heavy atom. The van der Waals surface area contributed by atoms with Crippen LogP contribution in [0, 0.1) is 23.2 Å². The molecular weight excluding hydrogens is 404 g/mol. The maximum absolute atomic E-state index is 13.1. The fourth-order valence-electron chi connectivity index (χ4n) is 4.02. The van der Waals surface area contributed by atoms with Gasteiger partial charge in [0.1, 0.15) is 5.56 Å². The number of hydrogen-bond acceptors (Lipinski definition) is 5. The number of likely N-dealkylation sites (tertiary alicyclic amines) is 1. The highest BCUT2D eigenvalue weighted by molar-refractivity contribution is 7.89. The van der Waals surface area contributed by atoms with Crippen molar-refractivity contribution in [3.05, 3.63) is 40.2 Å². The number of nitrogens with zero attached hydrogens (tertiary/aromatic N) is 3. The molecule has 1 aliphatic rings. The summed E-state index contributed by atoms with van der Waals surface area (Å²) < 4.78 is 26.6. The summed E-state index contributed by atoms with van der Waals surface area (Å²) in [5.74, 6) is 0.381. The lowest BCUT2D eigenvalue weighted by Crippen LogP contribution is -2.44. The molecule has 2 atom stereocenters. The largest absolute Gasteiger partial charge is 0.360 e. The van der Waals surface area contributed by atoms with Crippen LogP contribution < -0.4 is 5.43 Å².